The summed E-state index contributed by atoms with van der Waals surface area (Å²) in [6, 6.07) is 7.79. The highest BCUT2D eigenvalue weighted by molar-refractivity contribution is 6.30. The topological polar surface area (TPSA) is 50.9 Å². The van der Waals surface area contributed by atoms with Gasteiger partial charge in [-0.15, -0.1) is 0 Å². The van der Waals surface area contributed by atoms with Crippen LogP contribution in [0, 0.1) is 0 Å². The lowest BCUT2D eigenvalue weighted by Gasteiger charge is -2.38. The summed E-state index contributed by atoms with van der Waals surface area (Å²) in [5.41, 5.74) is 7.15. The van der Waals surface area contributed by atoms with Crippen molar-refractivity contribution in [3.63, 3.8) is 0 Å². The summed E-state index contributed by atoms with van der Waals surface area (Å²) in [5.74, 6) is 0.601. The summed E-state index contributed by atoms with van der Waals surface area (Å²) >= 11 is 5.96. The number of nitrogens with two attached hydrogens (primary N) is 1. The Bertz CT molecular complexity index is 478. The Morgan fingerprint density at radius 3 is 2.79 bits per heavy atom. The van der Waals surface area contributed by atoms with Crippen molar-refractivity contribution in [3.05, 3.63) is 29.3 Å². The number of ether oxygens (including phenoxy) is 1. The third-order valence-electron chi connectivity index (χ3n) is 3.97. The van der Waals surface area contributed by atoms with Crippen molar-refractivity contribution >= 4 is 23.2 Å². The second-order valence-electron chi connectivity index (χ2n) is 5.18. The lowest BCUT2D eigenvalue weighted by molar-refractivity contribution is 0.140. The van der Waals surface area contributed by atoms with Crippen LogP contribution in [0.3, 0.4) is 0 Å². The lowest BCUT2D eigenvalue weighted by atomic mass is 9.89. The first-order valence-corrected chi connectivity index (χ1v) is 7.03. The van der Waals surface area contributed by atoms with E-state index in [4.69, 9.17) is 22.1 Å². The summed E-state index contributed by atoms with van der Waals surface area (Å²) in [6.07, 6.45) is 3.06. The highest BCUT2D eigenvalue weighted by atomic mass is 35.5. The molecule has 1 aromatic rings. The van der Waals surface area contributed by atoms with E-state index in [2.05, 4.69) is 9.89 Å². The molecule has 0 aliphatic carbocycles. The molecular formula is C14H18ClN3O. The summed E-state index contributed by atoms with van der Waals surface area (Å²) < 4.78 is 5.58. The normalized spacial score (nSPS) is 27.4. The van der Waals surface area contributed by atoms with Crippen molar-refractivity contribution in [1.82, 2.24) is 0 Å². The van der Waals surface area contributed by atoms with Crippen LogP contribution in [0.4, 0.5) is 5.69 Å². The summed E-state index contributed by atoms with van der Waals surface area (Å²) in [7, 11) is 0. The van der Waals surface area contributed by atoms with Gasteiger partial charge in [-0.05, 0) is 43.5 Å². The van der Waals surface area contributed by atoms with Crippen molar-refractivity contribution in [1.29, 1.82) is 0 Å². The molecule has 19 heavy (non-hydrogen) atoms. The summed E-state index contributed by atoms with van der Waals surface area (Å²) in [4.78, 5) is 6.63. The first kappa shape index (κ1) is 12.8. The Kier molecular flexibility index (Phi) is 3.37. The minimum absolute atomic E-state index is 0.0194. The van der Waals surface area contributed by atoms with Gasteiger partial charge in [-0.3, -0.25) is 4.99 Å². The van der Waals surface area contributed by atoms with Gasteiger partial charge in [0, 0.05) is 23.9 Å². The second-order valence-corrected chi connectivity index (χ2v) is 5.61. The molecule has 0 aromatic heterocycles. The molecule has 0 bridgehead atoms. The van der Waals surface area contributed by atoms with Crippen LogP contribution in [0.1, 0.15) is 19.3 Å². The molecule has 0 amide bonds. The monoisotopic (exact) mass is 279 g/mol. The molecule has 0 saturated carbocycles. The largest absolute Gasteiger partial charge is 0.381 e. The smallest absolute Gasteiger partial charge is 0.196 e. The molecule has 2 N–H and O–H groups in total. The van der Waals surface area contributed by atoms with Gasteiger partial charge in [-0.1, -0.05) is 11.6 Å². The van der Waals surface area contributed by atoms with Crippen LogP contribution < -0.4 is 10.6 Å². The molecule has 1 unspecified atom stereocenters. The number of anilines is 1. The minimum Gasteiger partial charge on any atom is -0.381 e. The SMILES string of the molecule is NC1=NCC2(CCCOCC2)N1c1ccc(Cl)cc1. The molecule has 1 fully saturated rings. The van der Waals surface area contributed by atoms with Crippen LogP contribution >= 0.6 is 11.6 Å². The van der Waals surface area contributed by atoms with Crippen molar-refractivity contribution in [2.45, 2.75) is 24.8 Å². The number of aliphatic imine (C=N–C) groups is 1. The first-order chi connectivity index (χ1) is 9.21. The standard InChI is InChI=1S/C14H18ClN3O/c15-11-2-4-12(5-3-11)18-13(16)17-10-14(18)6-1-8-19-9-7-14/h2-5H,1,6-10H2,(H2,16,17). The Morgan fingerprint density at radius 1 is 1.21 bits per heavy atom. The van der Waals surface area contributed by atoms with Crippen molar-refractivity contribution < 1.29 is 4.74 Å². The van der Waals surface area contributed by atoms with E-state index in [0.717, 1.165) is 49.7 Å². The molecular weight excluding hydrogens is 262 g/mol. The van der Waals surface area contributed by atoms with Gasteiger partial charge in [0.25, 0.3) is 0 Å². The van der Waals surface area contributed by atoms with Gasteiger partial charge in [-0.2, -0.15) is 0 Å². The molecule has 1 saturated heterocycles. The Labute approximate surface area is 118 Å². The van der Waals surface area contributed by atoms with E-state index in [9.17, 15) is 0 Å². The van der Waals surface area contributed by atoms with Gasteiger partial charge in [0.05, 0.1) is 12.1 Å². The maximum absolute atomic E-state index is 6.11. The number of guanidine groups is 1. The lowest BCUT2D eigenvalue weighted by Crippen LogP contribution is -2.52. The van der Waals surface area contributed by atoms with E-state index in [-0.39, 0.29) is 5.54 Å². The molecule has 5 heteroatoms. The van der Waals surface area contributed by atoms with Crippen molar-refractivity contribution in [3.8, 4) is 0 Å². The highest BCUT2D eigenvalue weighted by Crippen LogP contribution is 2.36. The number of benzene rings is 1. The maximum atomic E-state index is 6.11. The molecule has 102 valence electrons. The number of hydrogen-bond donors (Lipinski definition) is 1. The zero-order chi connectivity index (χ0) is 13.3. The average molecular weight is 280 g/mol. The molecule has 2 aliphatic rings. The fraction of sp³-hybridized carbons (Fsp3) is 0.500. The zero-order valence-electron chi connectivity index (χ0n) is 10.8. The van der Waals surface area contributed by atoms with Gasteiger partial charge >= 0.3 is 0 Å². The highest BCUT2D eigenvalue weighted by Gasteiger charge is 2.43. The van der Waals surface area contributed by atoms with Crippen molar-refractivity contribution in [2.24, 2.45) is 10.7 Å². The van der Waals surface area contributed by atoms with Crippen LogP contribution in [0.25, 0.3) is 0 Å². The number of halogens is 1. The van der Waals surface area contributed by atoms with E-state index in [1.807, 2.05) is 24.3 Å². The Hall–Kier alpha value is -1.26. The van der Waals surface area contributed by atoms with E-state index >= 15 is 0 Å². The van der Waals surface area contributed by atoms with E-state index in [1.165, 1.54) is 0 Å². The molecule has 1 spiro atoms. The summed E-state index contributed by atoms with van der Waals surface area (Å²) in [5, 5.41) is 0.733. The van der Waals surface area contributed by atoms with Crippen LogP contribution in [0.15, 0.2) is 29.3 Å². The third-order valence-corrected chi connectivity index (χ3v) is 4.22. The zero-order valence-corrected chi connectivity index (χ0v) is 11.6. The molecule has 4 nitrogen and oxygen atoms in total. The molecule has 0 radical (unpaired) electrons. The quantitative estimate of drug-likeness (QED) is 0.859. The molecule has 2 aliphatic heterocycles. The average Bonchev–Trinajstić information content (AvgIpc) is 2.60. The van der Waals surface area contributed by atoms with Gasteiger partial charge < -0.3 is 15.4 Å². The minimum atomic E-state index is -0.0194. The van der Waals surface area contributed by atoms with Crippen LogP contribution in [-0.4, -0.2) is 31.3 Å². The molecule has 3 rings (SSSR count). The first-order valence-electron chi connectivity index (χ1n) is 6.65. The van der Waals surface area contributed by atoms with Crippen LogP contribution in [-0.2, 0) is 4.74 Å². The predicted octanol–water partition coefficient (Wildman–Crippen LogP) is 2.41. The maximum Gasteiger partial charge on any atom is 0.196 e. The molecule has 1 atom stereocenters. The van der Waals surface area contributed by atoms with E-state index in [0.29, 0.717) is 5.96 Å². The van der Waals surface area contributed by atoms with E-state index in [1.54, 1.807) is 0 Å². The number of nitrogens with zero attached hydrogens (tertiary/aromatic N) is 2. The van der Waals surface area contributed by atoms with Gasteiger partial charge in [0.2, 0.25) is 0 Å². The van der Waals surface area contributed by atoms with Gasteiger partial charge in [0.15, 0.2) is 5.96 Å². The number of hydrogen-bond acceptors (Lipinski definition) is 4. The Morgan fingerprint density at radius 2 is 2.00 bits per heavy atom. The fourth-order valence-corrected chi connectivity index (χ4v) is 3.11. The van der Waals surface area contributed by atoms with Crippen LogP contribution in [0.5, 0.6) is 0 Å². The third kappa shape index (κ3) is 2.30. The second kappa shape index (κ2) is 5.02. The number of rotatable bonds is 1. The van der Waals surface area contributed by atoms with Gasteiger partial charge in [-0.25, -0.2) is 0 Å². The molecule has 1 aromatic carbocycles. The van der Waals surface area contributed by atoms with E-state index < -0.39 is 0 Å². The van der Waals surface area contributed by atoms with Crippen LogP contribution in [0.2, 0.25) is 5.02 Å². The fourth-order valence-electron chi connectivity index (χ4n) is 2.98. The predicted molar refractivity (Wildman–Crippen MR) is 77.8 cm³/mol. The molecule has 2 heterocycles. The van der Waals surface area contributed by atoms with Gasteiger partial charge in [0.1, 0.15) is 0 Å². The Balaban J connectivity index is 1.95. The summed E-state index contributed by atoms with van der Waals surface area (Å²) in [6.45, 7) is 2.35. The van der Waals surface area contributed by atoms with Crippen molar-refractivity contribution in [2.75, 3.05) is 24.7 Å².